The van der Waals surface area contributed by atoms with Crippen LogP contribution in [0.25, 0.3) is 10.9 Å². The molecule has 2 fully saturated rings. The number of carbonyl (C=O) groups is 2. The van der Waals surface area contributed by atoms with Crippen molar-refractivity contribution in [2.24, 2.45) is 9.98 Å². The Morgan fingerprint density at radius 3 is 2.27 bits per heavy atom. The van der Waals surface area contributed by atoms with Gasteiger partial charge in [0.1, 0.15) is 28.7 Å². The Morgan fingerprint density at radius 1 is 0.865 bits per heavy atom. The van der Waals surface area contributed by atoms with E-state index in [4.69, 9.17) is 0 Å². The molecule has 1 saturated carbocycles. The number of benzene rings is 4. The quantitative estimate of drug-likeness (QED) is 0.189. The summed E-state index contributed by atoms with van der Waals surface area (Å²) in [6.07, 6.45) is 4.74. The highest BCUT2D eigenvalue weighted by Crippen LogP contribution is 2.38. The molecule has 0 bridgehead atoms. The van der Waals surface area contributed by atoms with Crippen LogP contribution in [0.4, 0.5) is 31.5 Å². The molecular weight excluding hydrogens is 670 g/mol. The number of aromatic carboxylic acids is 1. The number of nitrogens with zero attached hydrogens (tertiary/aromatic N) is 6. The smallest absolute Gasteiger partial charge is 0.341 e. The number of hydrogen-bond acceptors (Lipinski definition) is 8. The lowest BCUT2D eigenvalue weighted by Crippen LogP contribution is -2.51. The standard InChI is InChI=1S/C39H32F2N6O5/c40-24-3-12-33-29(17-24)36(43-26-6-4-25(5-7-26)42-20-23-1-10-28(48)11-2-23)38(50)47(33)22-44-13-15-45(16-14-44)35-19-34-30(18-32(35)41)37(49)31(39(51)52)21-46(34)27-8-9-27/h1-7,10-12,17-21,27,48H,8-9,13-16,22H2,(H,51,52). The van der Waals surface area contributed by atoms with E-state index < -0.39 is 23.0 Å². The molecule has 1 aliphatic carbocycles. The van der Waals surface area contributed by atoms with Gasteiger partial charge >= 0.3 is 5.97 Å². The Bertz CT molecular complexity index is 2360. The van der Waals surface area contributed by atoms with Crippen LogP contribution in [0, 0.1) is 11.6 Å². The van der Waals surface area contributed by atoms with E-state index in [0.29, 0.717) is 60.0 Å². The SMILES string of the molecule is O=C(O)c1cn(C2CC2)c2cc(N3CCN(CN4C(=O)C(=Nc5ccc(N=Cc6ccc(O)cc6)cc5)c5cc(F)ccc54)CC3)c(F)cc2c1=O. The highest BCUT2D eigenvalue weighted by Gasteiger charge is 2.36. The number of aliphatic imine (C=N–C) groups is 2. The monoisotopic (exact) mass is 702 g/mol. The first-order valence-corrected chi connectivity index (χ1v) is 16.9. The molecule has 2 aliphatic heterocycles. The largest absolute Gasteiger partial charge is 0.508 e. The molecule has 8 rings (SSSR count). The summed E-state index contributed by atoms with van der Waals surface area (Å²) in [6, 6.07) is 20.6. The number of pyridine rings is 1. The summed E-state index contributed by atoms with van der Waals surface area (Å²) >= 11 is 0. The maximum Gasteiger partial charge on any atom is 0.341 e. The number of carboxylic acids is 1. The van der Waals surface area contributed by atoms with Gasteiger partial charge in [-0.1, -0.05) is 0 Å². The summed E-state index contributed by atoms with van der Waals surface area (Å²) in [5.41, 5.74) is 2.79. The number of piperazine rings is 1. The zero-order valence-electron chi connectivity index (χ0n) is 27.7. The number of fused-ring (bicyclic) bond motifs is 2. The molecule has 3 heterocycles. The van der Waals surface area contributed by atoms with Crippen LogP contribution in [0.15, 0.2) is 99.8 Å². The first-order chi connectivity index (χ1) is 25.1. The number of rotatable bonds is 8. The van der Waals surface area contributed by atoms with E-state index in [9.17, 15) is 29.0 Å². The van der Waals surface area contributed by atoms with Gasteiger partial charge in [0, 0.05) is 55.6 Å². The topological polar surface area (TPSA) is 131 Å². The van der Waals surface area contributed by atoms with Gasteiger partial charge in [-0.05, 0) is 97.3 Å². The summed E-state index contributed by atoms with van der Waals surface area (Å²) in [6.45, 7) is 2.07. The molecular formula is C39H32F2N6O5. The maximum absolute atomic E-state index is 15.5. The van der Waals surface area contributed by atoms with Gasteiger partial charge in [0.15, 0.2) is 0 Å². The van der Waals surface area contributed by atoms with Crippen LogP contribution in [0.5, 0.6) is 5.75 Å². The summed E-state index contributed by atoms with van der Waals surface area (Å²) in [5, 5.41) is 19.1. The third-order valence-corrected chi connectivity index (χ3v) is 9.62. The predicted molar refractivity (Wildman–Crippen MR) is 194 cm³/mol. The molecule has 52 heavy (non-hydrogen) atoms. The van der Waals surface area contributed by atoms with Crippen molar-refractivity contribution < 1.29 is 28.6 Å². The molecule has 1 aromatic heterocycles. The first-order valence-electron chi connectivity index (χ1n) is 16.9. The molecule has 262 valence electrons. The fourth-order valence-electron chi connectivity index (χ4n) is 6.72. The van der Waals surface area contributed by atoms with Crippen LogP contribution in [0.1, 0.15) is 40.4 Å². The molecule has 1 amide bonds. The third kappa shape index (κ3) is 6.30. The number of carbonyl (C=O) groups excluding carboxylic acids is 1. The van der Waals surface area contributed by atoms with Gasteiger partial charge in [-0.25, -0.2) is 18.6 Å². The van der Waals surface area contributed by atoms with Crippen LogP contribution in [-0.2, 0) is 4.79 Å². The number of hydrogen-bond donors (Lipinski definition) is 2. The Hall–Kier alpha value is -6.21. The average molecular weight is 703 g/mol. The lowest BCUT2D eigenvalue weighted by Gasteiger charge is -2.38. The number of phenolic OH excluding ortho intramolecular Hbond substituents is 1. The Kier molecular flexibility index (Phi) is 8.34. The number of phenols is 1. The number of halogens is 2. The molecule has 13 heteroatoms. The van der Waals surface area contributed by atoms with E-state index in [2.05, 4.69) is 14.9 Å². The number of amides is 1. The van der Waals surface area contributed by atoms with E-state index in [1.807, 2.05) is 4.90 Å². The molecule has 11 nitrogen and oxygen atoms in total. The maximum atomic E-state index is 15.5. The van der Waals surface area contributed by atoms with Crippen molar-refractivity contribution in [2.45, 2.75) is 18.9 Å². The molecule has 0 atom stereocenters. The zero-order valence-corrected chi connectivity index (χ0v) is 27.7. The Morgan fingerprint density at radius 2 is 1.58 bits per heavy atom. The highest BCUT2D eigenvalue weighted by molar-refractivity contribution is 6.54. The summed E-state index contributed by atoms with van der Waals surface area (Å²) in [4.78, 5) is 53.0. The Labute approximate surface area is 296 Å². The van der Waals surface area contributed by atoms with E-state index >= 15 is 4.39 Å². The summed E-state index contributed by atoms with van der Waals surface area (Å²) < 4.78 is 31.8. The lowest BCUT2D eigenvalue weighted by molar-refractivity contribution is -0.112. The fraction of sp³-hybridized carbons (Fsp3) is 0.205. The number of anilines is 2. The van der Waals surface area contributed by atoms with Crippen molar-refractivity contribution in [3.63, 3.8) is 0 Å². The van der Waals surface area contributed by atoms with E-state index in [1.54, 1.807) is 76.3 Å². The van der Waals surface area contributed by atoms with Crippen molar-refractivity contribution in [1.82, 2.24) is 9.47 Å². The molecule has 5 aromatic rings. The van der Waals surface area contributed by atoms with Crippen LogP contribution in [0.3, 0.4) is 0 Å². The summed E-state index contributed by atoms with van der Waals surface area (Å²) in [5.74, 6) is -2.63. The van der Waals surface area contributed by atoms with Gasteiger partial charge in [-0.3, -0.25) is 24.4 Å². The second-order valence-electron chi connectivity index (χ2n) is 13.1. The van der Waals surface area contributed by atoms with Crippen molar-refractivity contribution in [3.8, 4) is 5.75 Å². The molecule has 2 N–H and O–H groups in total. The van der Waals surface area contributed by atoms with Crippen LogP contribution in [-0.4, -0.2) is 76.3 Å². The molecule has 1 saturated heterocycles. The second-order valence-corrected chi connectivity index (χ2v) is 13.1. The van der Waals surface area contributed by atoms with Gasteiger partial charge in [-0.15, -0.1) is 0 Å². The van der Waals surface area contributed by atoms with Crippen molar-refractivity contribution in [3.05, 3.63) is 124 Å². The molecule has 0 spiro atoms. The van der Waals surface area contributed by atoms with Crippen LogP contribution >= 0.6 is 0 Å². The fourth-order valence-corrected chi connectivity index (χ4v) is 6.72. The van der Waals surface area contributed by atoms with Gasteiger partial charge in [0.05, 0.1) is 34.9 Å². The van der Waals surface area contributed by atoms with Crippen molar-refractivity contribution >= 4 is 57.5 Å². The van der Waals surface area contributed by atoms with Gasteiger partial charge < -0.3 is 19.7 Å². The minimum absolute atomic E-state index is 0.0434. The van der Waals surface area contributed by atoms with Crippen LogP contribution in [0.2, 0.25) is 0 Å². The van der Waals surface area contributed by atoms with E-state index in [-0.39, 0.29) is 41.0 Å². The molecule has 0 unspecified atom stereocenters. The van der Waals surface area contributed by atoms with Crippen LogP contribution < -0.4 is 15.2 Å². The zero-order chi connectivity index (χ0) is 36.1. The van der Waals surface area contributed by atoms with Crippen molar-refractivity contribution in [2.75, 3.05) is 42.6 Å². The lowest BCUT2D eigenvalue weighted by atomic mass is 10.1. The molecule has 0 radical (unpaired) electrons. The van der Waals surface area contributed by atoms with E-state index in [1.165, 1.54) is 18.3 Å². The van der Waals surface area contributed by atoms with Gasteiger partial charge in [0.25, 0.3) is 5.91 Å². The molecule has 4 aromatic carbocycles. The minimum atomic E-state index is -1.34. The third-order valence-electron chi connectivity index (χ3n) is 9.62. The molecule has 3 aliphatic rings. The average Bonchev–Trinajstić information content (AvgIpc) is 3.96. The van der Waals surface area contributed by atoms with E-state index in [0.717, 1.165) is 24.5 Å². The van der Waals surface area contributed by atoms with Crippen molar-refractivity contribution in [1.29, 1.82) is 0 Å². The number of aromatic nitrogens is 1. The second kappa shape index (κ2) is 13.2. The van der Waals surface area contributed by atoms with Gasteiger partial charge in [0.2, 0.25) is 5.43 Å². The number of aromatic hydroxyl groups is 1. The predicted octanol–water partition coefficient (Wildman–Crippen LogP) is 6.02. The first kappa shape index (κ1) is 33.0. The normalized spacial score (nSPS) is 17.1. The van der Waals surface area contributed by atoms with Gasteiger partial charge in [-0.2, -0.15) is 0 Å². The number of carboxylic acid groups (broad SMARTS) is 1. The summed E-state index contributed by atoms with van der Waals surface area (Å²) in [7, 11) is 0. The highest BCUT2D eigenvalue weighted by atomic mass is 19.1. The Balaban J connectivity index is 0.985. The minimum Gasteiger partial charge on any atom is -0.508 e.